The van der Waals surface area contributed by atoms with Crippen LogP contribution < -0.4 is 5.32 Å². The summed E-state index contributed by atoms with van der Waals surface area (Å²) in [4.78, 5) is 13.3. The van der Waals surface area contributed by atoms with Gasteiger partial charge in [0, 0.05) is 44.2 Å². The highest BCUT2D eigenvalue weighted by Crippen LogP contribution is 2.04. The number of methoxy groups -OCH3 is 1. The molecule has 1 aliphatic rings. The van der Waals surface area contributed by atoms with Gasteiger partial charge in [-0.25, -0.2) is 0 Å². The SMILES string of the molecule is COC(=O)CCSCCN1CCNCC1. The van der Waals surface area contributed by atoms with Crippen molar-refractivity contribution in [2.75, 3.05) is 51.3 Å². The predicted molar refractivity (Wildman–Crippen MR) is 63.3 cm³/mol. The Balaban J connectivity index is 1.89. The molecule has 0 amide bonds. The van der Waals surface area contributed by atoms with E-state index in [0.717, 1.165) is 44.2 Å². The number of nitrogens with one attached hydrogen (secondary N) is 1. The molecule has 0 aromatic rings. The molecule has 1 N–H and O–H groups in total. The number of thioether (sulfide) groups is 1. The fourth-order valence-electron chi connectivity index (χ4n) is 1.49. The van der Waals surface area contributed by atoms with Gasteiger partial charge in [-0.3, -0.25) is 9.69 Å². The third kappa shape index (κ3) is 6.02. The molecule has 1 rings (SSSR count). The molecule has 4 nitrogen and oxygen atoms in total. The molecular weight excluding hydrogens is 212 g/mol. The Kier molecular flexibility index (Phi) is 6.80. The Morgan fingerprint density at radius 2 is 2.13 bits per heavy atom. The number of hydrogen-bond donors (Lipinski definition) is 1. The van der Waals surface area contributed by atoms with Gasteiger partial charge in [-0.15, -0.1) is 0 Å². The van der Waals surface area contributed by atoms with Crippen LogP contribution in [0.4, 0.5) is 0 Å². The van der Waals surface area contributed by atoms with Gasteiger partial charge in [0.2, 0.25) is 0 Å². The molecule has 15 heavy (non-hydrogen) atoms. The first kappa shape index (κ1) is 12.8. The topological polar surface area (TPSA) is 41.6 Å². The molecule has 0 aromatic carbocycles. The standard InChI is InChI=1S/C10H20N2O2S/c1-14-10(13)2-8-15-9-7-12-5-3-11-4-6-12/h11H,2-9H2,1H3. The maximum absolute atomic E-state index is 10.8. The molecule has 0 bridgehead atoms. The second kappa shape index (κ2) is 7.96. The normalized spacial score (nSPS) is 17.7. The highest BCUT2D eigenvalue weighted by atomic mass is 32.2. The van der Waals surface area contributed by atoms with Crippen LogP contribution in [0.5, 0.6) is 0 Å². The van der Waals surface area contributed by atoms with Crippen LogP contribution in [0.25, 0.3) is 0 Å². The number of rotatable bonds is 6. The van der Waals surface area contributed by atoms with Crippen LogP contribution in [0.2, 0.25) is 0 Å². The quantitative estimate of drug-likeness (QED) is 0.523. The van der Waals surface area contributed by atoms with E-state index in [1.165, 1.54) is 7.11 Å². The summed E-state index contributed by atoms with van der Waals surface area (Å²) in [6.07, 6.45) is 0.530. The minimum atomic E-state index is -0.107. The van der Waals surface area contributed by atoms with Gasteiger partial charge in [-0.05, 0) is 0 Å². The molecule has 5 heteroatoms. The lowest BCUT2D eigenvalue weighted by Gasteiger charge is -2.26. The second-order valence-corrected chi connectivity index (χ2v) is 4.75. The average molecular weight is 232 g/mol. The molecular formula is C10H20N2O2S. The first-order valence-electron chi connectivity index (χ1n) is 5.40. The summed E-state index contributed by atoms with van der Waals surface area (Å²) in [5, 5.41) is 3.33. The van der Waals surface area contributed by atoms with Gasteiger partial charge in [-0.2, -0.15) is 11.8 Å². The van der Waals surface area contributed by atoms with Crippen molar-refractivity contribution >= 4 is 17.7 Å². The zero-order valence-electron chi connectivity index (χ0n) is 9.33. The van der Waals surface area contributed by atoms with Crippen LogP contribution >= 0.6 is 11.8 Å². The fourth-order valence-corrected chi connectivity index (χ4v) is 2.39. The summed E-state index contributed by atoms with van der Waals surface area (Å²) in [6, 6.07) is 0. The molecule has 1 aliphatic heterocycles. The van der Waals surface area contributed by atoms with Gasteiger partial charge < -0.3 is 10.1 Å². The summed E-state index contributed by atoms with van der Waals surface area (Å²) in [5.41, 5.74) is 0. The molecule has 0 aromatic heterocycles. The number of carbonyl (C=O) groups is 1. The van der Waals surface area contributed by atoms with Gasteiger partial charge in [0.1, 0.15) is 0 Å². The van der Waals surface area contributed by atoms with E-state index in [4.69, 9.17) is 0 Å². The Bertz CT molecular complexity index is 184. The zero-order valence-corrected chi connectivity index (χ0v) is 10.1. The lowest BCUT2D eigenvalue weighted by molar-refractivity contribution is -0.140. The summed E-state index contributed by atoms with van der Waals surface area (Å²) < 4.78 is 4.58. The Morgan fingerprint density at radius 1 is 1.40 bits per heavy atom. The van der Waals surface area contributed by atoms with Gasteiger partial charge in [0.25, 0.3) is 0 Å². The molecule has 0 unspecified atom stereocenters. The zero-order chi connectivity index (χ0) is 10.9. The lowest BCUT2D eigenvalue weighted by atomic mass is 10.4. The number of nitrogens with zero attached hydrogens (tertiary/aromatic N) is 1. The first-order chi connectivity index (χ1) is 7.33. The van der Waals surface area contributed by atoms with E-state index in [9.17, 15) is 4.79 Å². The Hall–Kier alpha value is -0.260. The van der Waals surface area contributed by atoms with Crippen molar-refractivity contribution in [1.29, 1.82) is 0 Å². The van der Waals surface area contributed by atoms with E-state index in [1.54, 1.807) is 0 Å². The largest absolute Gasteiger partial charge is 0.469 e. The molecule has 88 valence electrons. The fraction of sp³-hybridized carbons (Fsp3) is 0.900. The van der Waals surface area contributed by atoms with Crippen LogP contribution in [-0.2, 0) is 9.53 Å². The van der Waals surface area contributed by atoms with Gasteiger partial charge in [-0.1, -0.05) is 0 Å². The molecule has 0 atom stereocenters. The molecule has 0 spiro atoms. The van der Waals surface area contributed by atoms with Crippen molar-refractivity contribution in [3.63, 3.8) is 0 Å². The highest BCUT2D eigenvalue weighted by molar-refractivity contribution is 7.99. The summed E-state index contributed by atoms with van der Waals surface area (Å²) >= 11 is 1.83. The lowest BCUT2D eigenvalue weighted by Crippen LogP contribution is -2.44. The average Bonchev–Trinajstić information content (AvgIpc) is 2.29. The Labute approximate surface area is 95.7 Å². The molecule has 1 heterocycles. The monoisotopic (exact) mass is 232 g/mol. The maximum atomic E-state index is 10.8. The van der Waals surface area contributed by atoms with E-state index in [-0.39, 0.29) is 5.97 Å². The van der Waals surface area contributed by atoms with Crippen LogP contribution in [0.1, 0.15) is 6.42 Å². The van der Waals surface area contributed by atoms with Crippen LogP contribution in [0, 0.1) is 0 Å². The number of ether oxygens (including phenoxy) is 1. The van der Waals surface area contributed by atoms with E-state index in [1.807, 2.05) is 11.8 Å². The predicted octanol–water partition coefficient (Wildman–Crippen LogP) is 0.188. The number of piperazine rings is 1. The van der Waals surface area contributed by atoms with Crippen LogP contribution in [-0.4, -0.2) is 62.2 Å². The van der Waals surface area contributed by atoms with Crippen molar-refractivity contribution in [1.82, 2.24) is 10.2 Å². The third-order valence-electron chi connectivity index (χ3n) is 2.44. The smallest absolute Gasteiger partial charge is 0.306 e. The van der Waals surface area contributed by atoms with E-state index < -0.39 is 0 Å². The number of carbonyl (C=O) groups excluding carboxylic acids is 1. The summed E-state index contributed by atoms with van der Waals surface area (Å²) in [6.45, 7) is 5.64. The number of esters is 1. The van der Waals surface area contributed by atoms with E-state index in [2.05, 4.69) is 15.0 Å². The van der Waals surface area contributed by atoms with Crippen LogP contribution in [0.3, 0.4) is 0 Å². The first-order valence-corrected chi connectivity index (χ1v) is 6.56. The summed E-state index contributed by atoms with van der Waals surface area (Å²) in [7, 11) is 1.44. The van der Waals surface area contributed by atoms with Gasteiger partial charge >= 0.3 is 5.97 Å². The molecule has 0 radical (unpaired) electrons. The third-order valence-corrected chi connectivity index (χ3v) is 3.40. The molecule has 1 fully saturated rings. The second-order valence-electron chi connectivity index (χ2n) is 3.53. The van der Waals surface area contributed by atoms with Crippen LogP contribution in [0.15, 0.2) is 0 Å². The van der Waals surface area contributed by atoms with Crippen molar-refractivity contribution in [3.8, 4) is 0 Å². The minimum absolute atomic E-state index is 0.107. The van der Waals surface area contributed by atoms with Crippen molar-refractivity contribution in [3.05, 3.63) is 0 Å². The van der Waals surface area contributed by atoms with Gasteiger partial charge in [0.15, 0.2) is 0 Å². The summed E-state index contributed by atoms with van der Waals surface area (Å²) in [5.74, 6) is 1.88. The minimum Gasteiger partial charge on any atom is -0.469 e. The maximum Gasteiger partial charge on any atom is 0.306 e. The van der Waals surface area contributed by atoms with E-state index >= 15 is 0 Å². The molecule has 0 saturated carbocycles. The Morgan fingerprint density at radius 3 is 2.80 bits per heavy atom. The van der Waals surface area contributed by atoms with Crippen molar-refractivity contribution in [2.24, 2.45) is 0 Å². The van der Waals surface area contributed by atoms with Gasteiger partial charge in [0.05, 0.1) is 13.5 Å². The molecule has 1 saturated heterocycles. The highest BCUT2D eigenvalue weighted by Gasteiger charge is 2.08. The number of hydrogen-bond acceptors (Lipinski definition) is 5. The van der Waals surface area contributed by atoms with Crippen molar-refractivity contribution in [2.45, 2.75) is 6.42 Å². The van der Waals surface area contributed by atoms with E-state index in [0.29, 0.717) is 6.42 Å². The van der Waals surface area contributed by atoms with Crippen molar-refractivity contribution < 1.29 is 9.53 Å². The molecule has 0 aliphatic carbocycles.